The van der Waals surface area contributed by atoms with Crippen molar-refractivity contribution < 1.29 is 14.7 Å². The van der Waals surface area contributed by atoms with Crippen molar-refractivity contribution in [2.45, 2.75) is 6.42 Å². The van der Waals surface area contributed by atoms with E-state index in [0.29, 0.717) is 22.3 Å². The highest BCUT2D eigenvalue weighted by Crippen LogP contribution is 2.23. The molecule has 33 heavy (non-hydrogen) atoms. The zero-order chi connectivity index (χ0) is 23.4. The largest absolute Gasteiger partial charge is 0.508 e. The minimum absolute atomic E-state index is 0.0736. The van der Waals surface area contributed by atoms with Crippen molar-refractivity contribution in [1.82, 2.24) is 4.98 Å². The van der Waals surface area contributed by atoms with E-state index in [1.54, 1.807) is 60.7 Å². The number of rotatable bonds is 6. The average Bonchev–Trinajstić information content (AvgIpc) is 2.80. The van der Waals surface area contributed by atoms with Crippen LogP contribution in [0.2, 0.25) is 0 Å². The minimum Gasteiger partial charge on any atom is -0.508 e. The number of amides is 2. The Morgan fingerprint density at radius 2 is 1.70 bits per heavy atom. The Hall–Kier alpha value is -4.65. The van der Waals surface area contributed by atoms with Gasteiger partial charge in [0.1, 0.15) is 11.3 Å². The van der Waals surface area contributed by atoms with E-state index < -0.39 is 11.5 Å². The molecule has 7 nitrogen and oxygen atoms in total. The number of fused-ring (bicyclic) bond motifs is 1. The summed E-state index contributed by atoms with van der Waals surface area (Å²) in [5, 5.41) is 15.5. The van der Waals surface area contributed by atoms with Gasteiger partial charge in [0.15, 0.2) is 0 Å². The van der Waals surface area contributed by atoms with Gasteiger partial charge in [0.25, 0.3) is 11.5 Å². The van der Waals surface area contributed by atoms with E-state index in [-0.39, 0.29) is 23.6 Å². The third kappa shape index (κ3) is 4.99. The number of phenols is 1. The minimum atomic E-state index is -0.560. The summed E-state index contributed by atoms with van der Waals surface area (Å²) in [6.07, 6.45) is 1.80. The molecule has 3 aromatic carbocycles. The van der Waals surface area contributed by atoms with Crippen LogP contribution < -0.4 is 16.2 Å². The molecular weight excluding hydrogens is 418 g/mol. The van der Waals surface area contributed by atoms with Crippen molar-refractivity contribution in [2.75, 3.05) is 10.6 Å². The van der Waals surface area contributed by atoms with Gasteiger partial charge in [0.2, 0.25) is 5.91 Å². The van der Waals surface area contributed by atoms with Gasteiger partial charge in [-0.3, -0.25) is 14.4 Å². The maximum atomic E-state index is 12.8. The Balaban J connectivity index is 1.59. The Labute approximate surface area is 189 Å². The fraction of sp³-hybridized carbons (Fsp3) is 0.0385. The molecule has 4 rings (SSSR count). The summed E-state index contributed by atoms with van der Waals surface area (Å²) < 4.78 is 0. The topological polar surface area (TPSA) is 111 Å². The normalized spacial score (nSPS) is 10.5. The van der Waals surface area contributed by atoms with Gasteiger partial charge >= 0.3 is 0 Å². The third-order valence-corrected chi connectivity index (χ3v) is 5.11. The average molecular weight is 439 g/mol. The fourth-order valence-corrected chi connectivity index (χ4v) is 3.40. The molecule has 1 aromatic heterocycles. The Morgan fingerprint density at radius 3 is 2.39 bits per heavy atom. The number of carbonyl (C=O) groups is 2. The lowest BCUT2D eigenvalue weighted by Gasteiger charge is -2.11. The van der Waals surface area contributed by atoms with Crippen molar-refractivity contribution in [3.63, 3.8) is 0 Å². The van der Waals surface area contributed by atoms with Crippen LogP contribution in [0.5, 0.6) is 5.75 Å². The maximum absolute atomic E-state index is 12.8. The van der Waals surface area contributed by atoms with Crippen molar-refractivity contribution in [2.24, 2.45) is 0 Å². The van der Waals surface area contributed by atoms with Gasteiger partial charge in [-0.25, -0.2) is 0 Å². The van der Waals surface area contributed by atoms with E-state index in [2.05, 4.69) is 22.2 Å². The number of pyridine rings is 1. The van der Waals surface area contributed by atoms with Crippen LogP contribution in [0.4, 0.5) is 11.4 Å². The predicted molar refractivity (Wildman–Crippen MR) is 129 cm³/mol. The van der Waals surface area contributed by atoms with Crippen LogP contribution in [0.25, 0.3) is 17.0 Å². The lowest BCUT2D eigenvalue weighted by molar-refractivity contribution is -0.115. The summed E-state index contributed by atoms with van der Waals surface area (Å²) >= 11 is 0. The maximum Gasteiger partial charge on any atom is 0.261 e. The molecule has 4 aromatic rings. The number of H-pyrrole nitrogens is 1. The van der Waals surface area contributed by atoms with Crippen LogP contribution in [-0.4, -0.2) is 21.9 Å². The summed E-state index contributed by atoms with van der Waals surface area (Å²) in [6.45, 7) is 3.69. The molecular formula is C26H21N3O4. The molecule has 0 radical (unpaired) electrons. The van der Waals surface area contributed by atoms with E-state index in [1.165, 1.54) is 18.2 Å². The van der Waals surface area contributed by atoms with Crippen LogP contribution in [-0.2, 0) is 11.2 Å². The summed E-state index contributed by atoms with van der Waals surface area (Å²) in [7, 11) is 0. The van der Waals surface area contributed by atoms with Gasteiger partial charge in [-0.05, 0) is 53.6 Å². The van der Waals surface area contributed by atoms with Gasteiger partial charge < -0.3 is 20.7 Å². The van der Waals surface area contributed by atoms with Crippen LogP contribution in [0.3, 0.4) is 0 Å². The van der Waals surface area contributed by atoms with Crippen molar-refractivity contribution in [1.29, 1.82) is 0 Å². The molecule has 1 heterocycles. The van der Waals surface area contributed by atoms with Crippen LogP contribution in [0.1, 0.15) is 21.5 Å². The fourth-order valence-electron chi connectivity index (χ4n) is 3.40. The first-order valence-corrected chi connectivity index (χ1v) is 10.2. The van der Waals surface area contributed by atoms with E-state index in [4.69, 9.17) is 0 Å². The van der Waals surface area contributed by atoms with Crippen LogP contribution in [0.15, 0.2) is 84.2 Å². The van der Waals surface area contributed by atoms with Crippen molar-refractivity contribution >= 4 is 40.2 Å². The molecule has 0 fully saturated rings. The molecule has 2 amide bonds. The number of hydrogen-bond donors (Lipinski definition) is 4. The highest BCUT2D eigenvalue weighted by atomic mass is 16.3. The summed E-state index contributed by atoms with van der Waals surface area (Å²) in [6, 6.07) is 20.0. The SMILES string of the molecule is C=Cc1ccc(NC(=O)c2cc3c(NC(=O)Cc4ccc(O)cc4)cccc3[nH]c2=O)cc1. The summed E-state index contributed by atoms with van der Waals surface area (Å²) in [5.41, 5.74) is 2.54. The first-order chi connectivity index (χ1) is 15.9. The summed E-state index contributed by atoms with van der Waals surface area (Å²) in [4.78, 5) is 40.6. The molecule has 7 heteroatoms. The molecule has 0 spiro atoms. The van der Waals surface area contributed by atoms with Gasteiger partial charge in [0.05, 0.1) is 17.6 Å². The number of phenolic OH excluding ortho intramolecular Hbond substituents is 1. The number of hydrogen-bond acceptors (Lipinski definition) is 4. The number of carbonyl (C=O) groups excluding carboxylic acids is 2. The van der Waals surface area contributed by atoms with Crippen LogP contribution >= 0.6 is 0 Å². The molecule has 164 valence electrons. The van der Waals surface area contributed by atoms with E-state index >= 15 is 0 Å². The monoisotopic (exact) mass is 439 g/mol. The highest BCUT2D eigenvalue weighted by molar-refractivity contribution is 6.08. The number of benzene rings is 3. The molecule has 0 saturated heterocycles. The lowest BCUT2D eigenvalue weighted by atomic mass is 10.1. The van der Waals surface area contributed by atoms with E-state index in [9.17, 15) is 19.5 Å². The summed E-state index contributed by atoms with van der Waals surface area (Å²) in [5.74, 6) is -0.706. The quantitative estimate of drug-likeness (QED) is 0.359. The van der Waals surface area contributed by atoms with E-state index in [1.807, 2.05) is 0 Å². The standard InChI is InChI=1S/C26H21N3O4/c1-2-16-6-10-18(11-7-16)27-25(32)21-15-20-22(4-3-5-23(20)29-26(21)33)28-24(31)14-17-8-12-19(30)13-9-17/h2-13,15,30H,1,14H2,(H,27,32)(H,28,31)(H,29,33). The molecule has 0 aliphatic rings. The molecule has 0 unspecified atom stereocenters. The number of anilines is 2. The number of aromatic nitrogens is 1. The number of aromatic amines is 1. The first-order valence-electron chi connectivity index (χ1n) is 10.2. The highest BCUT2D eigenvalue weighted by Gasteiger charge is 2.15. The number of aromatic hydroxyl groups is 1. The molecule has 4 N–H and O–H groups in total. The van der Waals surface area contributed by atoms with Crippen LogP contribution in [0, 0.1) is 0 Å². The molecule has 0 atom stereocenters. The number of nitrogens with one attached hydrogen (secondary N) is 3. The van der Waals surface area contributed by atoms with Gasteiger partial charge in [-0.15, -0.1) is 0 Å². The van der Waals surface area contributed by atoms with E-state index in [0.717, 1.165) is 11.1 Å². The Bertz CT molecular complexity index is 1400. The second kappa shape index (κ2) is 9.23. The predicted octanol–water partition coefficient (Wildman–Crippen LogP) is 4.31. The second-order valence-corrected chi connectivity index (χ2v) is 7.45. The first kappa shape index (κ1) is 21.6. The van der Waals surface area contributed by atoms with Crippen molar-refractivity contribution in [3.05, 3.63) is 106 Å². The third-order valence-electron chi connectivity index (χ3n) is 5.11. The zero-order valence-electron chi connectivity index (χ0n) is 17.6. The lowest BCUT2D eigenvalue weighted by Crippen LogP contribution is -2.23. The van der Waals surface area contributed by atoms with Gasteiger partial charge in [-0.2, -0.15) is 0 Å². The Morgan fingerprint density at radius 1 is 0.970 bits per heavy atom. The Kier molecular flexibility index (Phi) is 6.04. The van der Waals surface area contributed by atoms with Crippen molar-refractivity contribution in [3.8, 4) is 5.75 Å². The zero-order valence-corrected chi connectivity index (χ0v) is 17.6. The molecule has 0 bridgehead atoms. The van der Waals surface area contributed by atoms with Gasteiger partial charge in [0, 0.05) is 11.1 Å². The second-order valence-electron chi connectivity index (χ2n) is 7.45. The molecule has 0 aliphatic carbocycles. The van der Waals surface area contributed by atoms with Gasteiger partial charge in [-0.1, -0.05) is 43.0 Å². The molecule has 0 saturated carbocycles. The molecule has 0 aliphatic heterocycles. The smallest absolute Gasteiger partial charge is 0.261 e.